The van der Waals surface area contributed by atoms with E-state index >= 15 is 0 Å². The van der Waals surface area contributed by atoms with Crippen molar-refractivity contribution in [2.75, 3.05) is 12.4 Å². The van der Waals surface area contributed by atoms with E-state index in [1.165, 1.54) is 26.1 Å². The molecule has 2 aromatic carbocycles. The molecule has 0 saturated carbocycles. The molecule has 0 aliphatic rings. The van der Waals surface area contributed by atoms with Gasteiger partial charge in [-0.1, -0.05) is 24.3 Å². The predicted molar refractivity (Wildman–Crippen MR) is 119 cm³/mol. The van der Waals surface area contributed by atoms with E-state index in [0.29, 0.717) is 0 Å². The summed E-state index contributed by atoms with van der Waals surface area (Å²) in [6.07, 6.45) is 3.83. The number of aromatic nitrogens is 2. The van der Waals surface area contributed by atoms with Crippen LogP contribution in [0.2, 0.25) is 0 Å². The van der Waals surface area contributed by atoms with Crippen LogP contribution in [0.5, 0.6) is 0 Å². The van der Waals surface area contributed by atoms with Gasteiger partial charge in [0.1, 0.15) is 0 Å². The molecular weight excluding hydrogens is 364 g/mol. The van der Waals surface area contributed by atoms with Gasteiger partial charge in [0, 0.05) is 40.4 Å². The molecule has 138 valence electrons. The number of pyridine rings is 1. The normalized spacial score (nSPS) is 11.3. The minimum Gasteiger partial charge on any atom is -0.361 e. The minimum absolute atomic E-state index is 0.883. The van der Waals surface area contributed by atoms with Gasteiger partial charge in [-0.25, -0.2) is 0 Å². The Labute approximate surface area is 167 Å². The molecule has 3 aromatic heterocycles. The minimum atomic E-state index is 0.883. The lowest BCUT2D eigenvalue weighted by atomic mass is 10.1. The van der Waals surface area contributed by atoms with E-state index < -0.39 is 0 Å². The molecule has 3 N–H and O–H groups in total. The molecule has 28 heavy (non-hydrogen) atoms. The monoisotopic (exact) mass is 384 g/mol. The third-order valence-corrected chi connectivity index (χ3v) is 6.07. The summed E-state index contributed by atoms with van der Waals surface area (Å²) in [7, 11) is 1.97. The molecule has 0 amide bonds. The van der Waals surface area contributed by atoms with Crippen molar-refractivity contribution in [3.63, 3.8) is 0 Å². The molecule has 5 aromatic rings. The van der Waals surface area contributed by atoms with E-state index in [1.54, 1.807) is 11.3 Å². The molecule has 5 rings (SSSR count). The standard InChI is InChI=1S/C23H20N4S/c1-24-14-15-2-4-16(5-3-15)22-13-21-23(28-22)20(9-11-26-21)27-18-6-7-19-17(12-18)8-10-25-19/h2-13,24-25H,14H2,1H3,(H,26,27). The second-order valence-corrected chi connectivity index (χ2v) is 7.87. The number of rotatable bonds is 5. The number of H-pyrrole nitrogens is 1. The van der Waals surface area contributed by atoms with Crippen LogP contribution in [-0.2, 0) is 6.54 Å². The van der Waals surface area contributed by atoms with Crippen LogP contribution in [0.25, 0.3) is 31.6 Å². The molecule has 3 heterocycles. The molecular formula is C23H20N4S. The third kappa shape index (κ3) is 3.15. The van der Waals surface area contributed by atoms with Crippen molar-refractivity contribution in [3.8, 4) is 10.4 Å². The molecule has 0 unspecified atom stereocenters. The predicted octanol–water partition coefficient (Wildman–Crippen LogP) is 5.91. The van der Waals surface area contributed by atoms with Gasteiger partial charge in [-0.15, -0.1) is 11.3 Å². The highest BCUT2D eigenvalue weighted by atomic mass is 32.1. The van der Waals surface area contributed by atoms with Gasteiger partial charge in [-0.2, -0.15) is 0 Å². The summed E-state index contributed by atoms with van der Waals surface area (Å²) in [4.78, 5) is 9.04. The largest absolute Gasteiger partial charge is 0.361 e. The van der Waals surface area contributed by atoms with Gasteiger partial charge in [0.05, 0.1) is 15.9 Å². The maximum Gasteiger partial charge on any atom is 0.0837 e. The first-order valence-corrected chi connectivity index (χ1v) is 10.1. The number of thiophene rings is 1. The van der Waals surface area contributed by atoms with E-state index in [9.17, 15) is 0 Å². The molecule has 0 aliphatic carbocycles. The Hall–Kier alpha value is -3.15. The summed E-state index contributed by atoms with van der Waals surface area (Å²) in [5.41, 5.74) is 6.84. The van der Waals surface area contributed by atoms with Gasteiger partial charge in [-0.3, -0.25) is 4.98 Å². The van der Waals surface area contributed by atoms with Crippen molar-refractivity contribution in [2.24, 2.45) is 0 Å². The fraction of sp³-hybridized carbons (Fsp3) is 0.0870. The molecule has 0 fully saturated rings. The van der Waals surface area contributed by atoms with Gasteiger partial charge in [0.2, 0.25) is 0 Å². The fourth-order valence-electron chi connectivity index (χ4n) is 3.46. The van der Waals surface area contributed by atoms with Crippen LogP contribution in [0.4, 0.5) is 11.4 Å². The van der Waals surface area contributed by atoms with Gasteiger partial charge in [0.15, 0.2) is 0 Å². The molecule has 0 bridgehead atoms. The Bertz CT molecular complexity index is 1250. The smallest absolute Gasteiger partial charge is 0.0837 e. The highest BCUT2D eigenvalue weighted by molar-refractivity contribution is 7.22. The summed E-state index contributed by atoms with van der Waals surface area (Å²) >= 11 is 1.77. The fourth-order valence-corrected chi connectivity index (χ4v) is 4.55. The van der Waals surface area contributed by atoms with Crippen molar-refractivity contribution >= 4 is 43.8 Å². The molecule has 0 atom stereocenters. The summed E-state index contributed by atoms with van der Waals surface area (Å²) in [5, 5.41) is 7.95. The van der Waals surface area contributed by atoms with E-state index in [-0.39, 0.29) is 0 Å². The van der Waals surface area contributed by atoms with Gasteiger partial charge >= 0.3 is 0 Å². The lowest BCUT2D eigenvalue weighted by molar-refractivity contribution is 0.818. The number of benzene rings is 2. The average Bonchev–Trinajstić information content (AvgIpc) is 3.36. The van der Waals surface area contributed by atoms with Crippen LogP contribution < -0.4 is 10.6 Å². The van der Waals surface area contributed by atoms with Crippen LogP contribution in [0.3, 0.4) is 0 Å². The topological polar surface area (TPSA) is 52.7 Å². The Morgan fingerprint density at radius 1 is 1.00 bits per heavy atom. The van der Waals surface area contributed by atoms with E-state index in [2.05, 4.69) is 75.2 Å². The quantitative estimate of drug-likeness (QED) is 0.353. The Balaban J connectivity index is 1.49. The molecule has 0 radical (unpaired) electrons. The number of fused-ring (bicyclic) bond motifs is 2. The maximum atomic E-state index is 4.57. The van der Waals surface area contributed by atoms with Crippen molar-refractivity contribution in [1.82, 2.24) is 15.3 Å². The van der Waals surface area contributed by atoms with Crippen LogP contribution in [0.15, 0.2) is 73.1 Å². The van der Waals surface area contributed by atoms with Crippen molar-refractivity contribution < 1.29 is 0 Å². The Morgan fingerprint density at radius 2 is 1.89 bits per heavy atom. The number of hydrogen-bond acceptors (Lipinski definition) is 4. The zero-order valence-electron chi connectivity index (χ0n) is 15.5. The number of aromatic amines is 1. The number of nitrogens with one attached hydrogen (secondary N) is 3. The lowest BCUT2D eigenvalue weighted by Crippen LogP contribution is -2.04. The summed E-state index contributed by atoms with van der Waals surface area (Å²) in [6, 6.07) is 21.4. The Kier molecular flexibility index (Phi) is 4.31. The first-order chi connectivity index (χ1) is 13.8. The van der Waals surface area contributed by atoms with Crippen LogP contribution in [0, 0.1) is 0 Å². The maximum absolute atomic E-state index is 4.57. The first-order valence-electron chi connectivity index (χ1n) is 9.27. The second-order valence-electron chi connectivity index (χ2n) is 6.82. The lowest BCUT2D eigenvalue weighted by Gasteiger charge is -2.07. The summed E-state index contributed by atoms with van der Waals surface area (Å²) < 4.78 is 1.17. The molecule has 4 nitrogen and oxygen atoms in total. The van der Waals surface area contributed by atoms with Crippen LogP contribution >= 0.6 is 11.3 Å². The third-order valence-electron chi connectivity index (χ3n) is 4.86. The molecule has 0 saturated heterocycles. The van der Waals surface area contributed by atoms with E-state index in [1.807, 2.05) is 25.5 Å². The van der Waals surface area contributed by atoms with Crippen molar-refractivity contribution in [2.45, 2.75) is 6.54 Å². The second kappa shape index (κ2) is 7.11. The van der Waals surface area contributed by atoms with Gasteiger partial charge < -0.3 is 15.6 Å². The molecule has 0 spiro atoms. The highest BCUT2D eigenvalue weighted by Crippen LogP contribution is 2.37. The Morgan fingerprint density at radius 3 is 2.75 bits per heavy atom. The summed E-state index contributed by atoms with van der Waals surface area (Å²) in [5.74, 6) is 0. The van der Waals surface area contributed by atoms with Crippen molar-refractivity contribution in [1.29, 1.82) is 0 Å². The number of hydrogen-bond donors (Lipinski definition) is 3. The first kappa shape index (κ1) is 17.0. The molecule has 0 aliphatic heterocycles. The highest BCUT2D eigenvalue weighted by Gasteiger charge is 2.10. The summed E-state index contributed by atoms with van der Waals surface area (Å²) in [6.45, 7) is 0.883. The van der Waals surface area contributed by atoms with Crippen molar-refractivity contribution in [3.05, 3.63) is 78.6 Å². The van der Waals surface area contributed by atoms with Crippen LogP contribution in [0.1, 0.15) is 5.56 Å². The SMILES string of the molecule is CNCc1ccc(-c2cc3nccc(Nc4ccc5[nH]ccc5c4)c3s2)cc1. The van der Waals surface area contributed by atoms with E-state index in [0.717, 1.165) is 29.0 Å². The van der Waals surface area contributed by atoms with Gasteiger partial charge in [-0.05, 0) is 54.6 Å². The molecule has 5 heteroatoms. The zero-order valence-corrected chi connectivity index (χ0v) is 16.3. The average molecular weight is 385 g/mol. The van der Waals surface area contributed by atoms with Gasteiger partial charge in [0.25, 0.3) is 0 Å². The van der Waals surface area contributed by atoms with E-state index in [4.69, 9.17) is 0 Å². The zero-order chi connectivity index (χ0) is 18.9. The number of anilines is 2. The number of nitrogens with zero attached hydrogens (tertiary/aromatic N) is 1. The van der Waals surface area contributed by atoms with Crippen LogP contribution in [-0.4, -0.2) is 17.0 Å².